The number of anilines is 1. The highest BCUT2D eigenvalue weighted by Gasteiger charge is 2.27. The molecule has 1 aliphatic rings. The van der Waals surface area contributed by atoms with E-state index in [-0.39, 0.29) is 17.2 Å². The average Bonchev–Trinajstić information content (AvgIpc) is 3.53. The lowest BCUT2D eigenvalue weighted by Crippen LogP contribution is -2.22. The van der Waals surface area contributed by atoms with Crippen LogP contribution in [0.3, 0.4) is 0 Å². The van der Waals surface area contributed by atoms with Crippen LogP contribution in [0.1, 0.15) is 34.1 Å². The van der Waals surface area contributed by atoms with Gasteiger partial charge >= 0.3 is 0 Å². The number of thioether (sulfide) groups is 1. The van der Waals surface area contributed by atoms with Gasteiger partial charge in [-0.05, 0) is 55.0 Å². The molecular formula is C28H26N6O4S2. The van der Waals surface area contributed by atoms with E-state index in [1.54, 1.807) is 47.9 Å². The number of methoxy groups -OCH3 is 1. The SMILES string of the molecule is COc1cccc(-n2c(=O)c3ccccc3n3c(SCC(=O)Nc4sc5c(c4C(N)=O)CC[C@H](C)C5)nnc23)c1. The maximum Gasteiger partial charge on any atom is 0.267 e. The smallest absolute Gasteiger partial charge is 0.267 e. The highest BCUT2D eigenvalue weighted by Crippen LogP contribution is 2.39. The Morgan fingerprint density at radius 2 is 2.02 bits per heavy atom. The summed E-state index contributed by atoms with van der Waals surface area (Å²) in [5.74, 6) is 0.639. The van der Waals surface area contributed by atoms with Crippen molar-refractivity contribution in [2.75, 3.05) is 18.2 Å². The molecule has 3 aromatic heterocycles. The quantitative estimate of drug-likeness (QED) is 0.280. The zero-order chi connectivity index (χ0) is 28.0. The third-order valence-corrected chi connectivity index (χ3v) is 9.15. The molecule has 0 unspecified atom stereocenters. The molecule has 2 aromatic carbocycles. The third kappa shape index (κ3) is 4.52. The number of amides is 2. The number of rotatable bonds is 7. The van der Waals surface area contributed by atoms with Crippen molar-refractivity contribution in [3.8, 4) is 11.4 Å². The summed E-state index contributed by atoms with van der Waals surface area (Å²) < 4.78 is 8.61. The molecule has 0 radical (unpaired) electrons. The van der Waals surface area contributed by atoms with Gasteiger partial charge in [-0.3, -0.25) is 18.8 Å². The lowest BCUT2D eigenvalue weighted by atomic mass is 9.88. The van der Waals surface area contributed by atoms with Crippen LogP contribution >= 0.6 is 23.1 Å². The normalized spacial score (nSPS) is 14.8. The zero-order valence-corrected chi connectivity index (χ0v) is 23.5. The van der Waals surface area contributed by atoms with Crippen molar-refractivity contribution < 1.29 is 14.3 Å². The Bertz CT molecular complexity index is 1860. The van der Waals surface area contributed by atoms with Crippen LogP contribution in [0.5, 0.6) is 5.75 Å². The van der Waals surface area contributed by atoms with Gasteiger partial charge < -0.3 is 15.8 Å². The molecule has 0 aliphatic heterocycles. The highest BCUT2D eigenvalue weighted by atomic mass is 32.2. The predicted molar refractivity (Wildman–Crippen MR) is 156 cm³/mol. The molecule has 0 fully saturated rings. The number of benzene rings is 2. The Kier molecular flexibility index (Phi) is 6.80. The molecule has 1 atom stereocenters. The maximum absolute atomic E-state index is 13.5. The number of carbonyl (C=O) groups excluding carboxylic acids is 2. The molecule has 5 aromatic rings. The second-order valence-electron chi connectivity index (χ2n) is 9.73. The third-order valence-electron chi connectivity index (χ3n) is 7.05. The van der Waals surface area contributed by atoms with Gasteiger partial charge in [0, 0.05) is 10.9 Å². The molecule has 0 bridgehead atoms. The molecule has 0 saturated carbocycles. The van der Waals surface area contributed by atoms with Crippen LogP contribution in [0, 0.1) is 5.92 Å². The number of hydrogen-bond donors (Lipinski definition) is 2. The van der Waals surface area contributed by atoms with Gasteiger partial charge in [-0.15, -0.1) is 21.5 Å². The first-order valence-corrected chi connectivity index (χ1v) is 14.6. The average molecular weight is 575 g/mol. The van der Waals surface area contributed by atoms with Crippen LogP contribution in [0.4, 0.5) is 5.00 Å². The number of ether oxygens (including phenoxy) is 1. The van der Waals surface area contributed by atoms with Crippen molar-refractivity contribution in [2.45, 2.75) is 31.3 Å². The van der Waals surface area contributed by atoms with Crippen LogP contribution < -0.4 is 21.3 Å². The Morgan fingerprint density at radius 3 is 2.83 bits per heavy atom. The summed E-state index contributed by atoms with van der Waals surface area (Å²) in [6.45, 7) is 2.18. The second-order valence-corrected chi connectivity index (χ2v) is 11.8. The first kappa shape index (κ1) is 26.1. The first-order valence-electron chi connectivity index (χ1n) is 12.8. The number of primary amides is 1. The number of aromatic nitrogens is 4. The minimum absolute atomic E-state index is 0.0184. The van der Waals surface area contributed by atoms with E-state index in [1.165, 1.54) is 27.7 Å². The van der Waals surface area contributed by atoms with Crippen LogP contribution in [0.25, 0.3) is 22.4 Å². The minimum Gasteiger partial charge on any atom is -0.497 e. The van der Waals surface area contributed by atoms with E-state index >= 15 is 0 Å². The number of hydrogen-bond acceptors (Lipinski definition) is 8. The largest absolute Gasteiger partial charge is 0.497 e. The standard InChI is InChI=1S/C28H26N6O4S2/c1-15-10-11-19-21(12-15)40-25(23(19)24(29)36)30-22(35)14-39-28-32-31-27-33(16-6-5-7-17(13-16)38-2)26(37)18-8-3-4-9-20(18)34(27)28/h3-9,13,15H,10-12,14H2,1-2H3,(H2,29,36)(H,30,35)/t15-/m0/s1. The number of fused-ring (bicyclic) bond motifs is 4. The van der Waals surface area contributed by atoms with Crippen molar-refractivity contribution in [3.05, 3.63) is 74.9 Å². The topological polar surface area (TPSA) is 134 Å². The summed E-state index contributed by atoms with van der Waals surface area (Å²) >= 11 is 2.62. The van der Waals surface area contributed by atoms with Crippen molar-refractivity contribution in [1.82, 2.24) is 19.2 Å². The van der Waals surface area contributed by atoms with Crippen molar-refractivity contribution >= 4 is 56.6 Å². The van der Waals surface area contributed by atoms with Crippen LogP contribution in [0.2, 0.25) is 0 Å². The van der Waals surface area contributed by atoms with E-state index in [4.69, 9.17) is 10.5 Å². The number of nitrogens with one attached hydrogen (secondary N) is 1. The van der Waals surface area contributed by atoms with Gasteiger partial charge in [0.2, 0.25) is 11.7 Å². The van der Waals surface area contributed by atoms with Crippen molar-refractivity contribution in [2.24, 2.45) is 11.7 Å². The molecule has 1 aliphatic carbocycles. The first-order chi connectivity index (χ1) is 19.4. The van der Waals surface area contributed by atoms with Crippen LogP contribution in [-0.4, -0.2) is 43.8 Å². The molecule has 12 heteroatoms. The van der Waals surface area contributed by atoms with Crippen LogP contribution in [0.15, 0.2) is 58.5 Å². The monoisotopic (exact) mass is 574 g/mol. The van der Waals surface area contributed by atoms with Gasteiger partial charge in [-0.25, -0.2) is 4.57 Å². The summed E-state index contributed by atoms with van der Waals surface area (Å²) in [5, 5.41) is 13.0. The van der Waals surface area contributed by atoms with E-state index in [0.29, 0.717) is 49.8 Å². The Morgan fingerprint density at radius 1 is 1.20 bits per heavy atom. The van der Waals surface area contributed by atoms with Gasteiger partial charge in [0.25, 0.3) is 11.5 Å². The summed E-state index contributed by atoms with van der Waals surface area (Å²) in [7, 11) is 1.56. The second kappa shape index (κ2) is 10.4. The highest BCUT2D eigenvalue weighted by molar-refractivity contribution is 7.99. The number of para-hydroxylation sites is 1. The van der Waals surface area contributed by atoms with E-state index < -0.39 is 5.91 Å². The molecule has 3 N–H and O–H groups in total. The van der Waals surface area contributed by atoms with E-state index in [2.05, 4.69) is 22.4 Å². The number of nitrogens with two attached hydrogens (primary N) is 1. The van der Waals surface area contributed by atoms with Gasteiger partial charge in [0.1, 0.15) is 10.8 Å². The van der Waals surface area contributed by atoms with Gasteiger partial charge in [0.05, 0.1) is 35.0 Å². The summed E-state index contributed by atoms with van der Waals surface area (Å²) in [6.07, 6.45) is 2.64. The van der Waals surface area contributed by atoms with Crippen molar-refractivity contribution in [3.63, 3.8) is 0 Å². The molecule has 0 spiro atoms. The van der Waals surface area contributed by atoms with E-state index in [1.807, 2.05) is 12.1 Å². The van der Waals surface area contributed by atoms with Gasteiger partial charge in [-0.2, -0.15) is 0 Å². The fourth-order valence-corrected chi connectivity index (χ4v) is 7.32. The molecule has 40 heavy (non-hydrogen) atoms. The number of nitrogens with zero attached hydrogens (tertiary/aromatic N) is 4. The summed E-state index contributed by atoms with van der Waals surface area (Å²) in [5.41, 5.74) is 8.06. The fraction of sp³-hybridized carbons (Fsp3) is 0.250. The molecule has 204 valence electrons. The van der Waals surface area contributed by atoms with E-state index in [9.17, 15) is 14.4 Å². The molecule has 0 saturated heterocycles. The molecule has 3 heterocycles. The number of carbonyl (C=O) groups is 2. The fourth-order valence-electron chi connectivity index (χ4n) is 5.15. The lowest BCUT2D eigenvalue weighted by Gasteiger charge is -2.18. The Hall–Kier alpha value is -4.16. The zero-order valence-electron chi connectivity index (χ0n) is 21.8. The predicted octanol–water partition coefficient (Wildman–Crippen LogP) is 4.06. The number of thiophene rings is 1. The van der Waals surface area contributed by atoms with Crippen LogP contribution in [-0.2, 0) is 17.6 Å². The van der Waals surface area contributed by atoms with E-state index in [0.717, 1.165) is 29.7 Å². The summed E-state index contributed by atoms with van der Waals surface area (Å²) in [4.78, 5) is 40.0. The van der Waals surface area contributed by atoms with Crippen molar-refractivity contribution in [1.29, 1.82) is 0 Å². The summed E-state index contributed by atoms with van der Waals surface area (Å²) in [6, 6.07) is 14.4. The minimum atomic E-state index is -0.527. The lowest BCUT2D eigenvalue weighted by molar-refractivity contribution is -0.113. The maximum atomic E-state index is 13.5. The molecular weight excluding hydrogens is 548 g/mol. The van der Waals surface area contributed by atoms with Gasteiger partial charge in [-0.1, -0.05) is 36.9 Å². The molecule has 10 nitrogen and oxygen atoms in total. The Labute approximate surface area is 237 Å². The van der Waals surface area contributed by atoms with Gasteiger partial charge in [0.15, 0.2) is 5.16 Å². The Balaban J connectivity index is 1.34. The molecule has 6 rings (SSSR count). The molecule has 2 amide bonds.